The van der Waals surface area contributed by atoms with Crippen LogP contribution in [-0.4, -0.2) is 66.6 Å². The molecule has 2 N–H and O–H groups in total. The van der Waals surface area contributed by atoms with Gasteiger partial charge >= 0.3 is 0 Å². The van der Waals surface area contributed by atoms with E-state index in [1.54, 1.807) is 24.3 Å². The zero-order valence-electron chi connectivity index (χ0n) is 23.8. The highest BCUT2D eigenvalue weighted by molar-refractivity contribution is 7.92. The number of aliphatic hydroxyl groups excluding tert-OH is 1. The number of carbonyl (C=O) groups excluding carboxylic acids is 1. The molecule has 1 heterocycles. The van der Waals surface area contributed by atoms with Crippen LogP contribution in [0.3, 0.4) is 0 Å². The maximum absolute atomic E-state index is 13.5. The predicted octanol–water partition coefficient (Wildman–Crippen LogP) is 4.14. The van der Waals surface area contributed by atoms with Gasteiger partial charge in [-0.25, -0.2) is 16.8 Å². The molecule has 4 rings (SSSR count). The van der Waals surface area contributed by atoms with Gasteiger partial charge in [-0.05, 0) is 60.7 Å². The maximum Gasteiger partial charge on any atom is 0.257 e. The molecule has 0 radical (unpaired) electrons. The topological polar surface area (TPSA) is 124 Å². The van der Waals surface area contributed by atoms with Crippen LogP contribution in [0, 0.1) is 17.3 Å². The van der Waals surface area contributed by atoms with Crippen molar-refractivity contribution in [2.45, 2.75) is 50.8 Å². The average molecular weight is 592 g/mol. The zero-order chi connectivity index (χ0) is 29.3. The number of unbranched alkanes of at least 4 members (excludes halogenated alkanes) is 4. The lowest BCUT2D eigenvalue weighted by Crippen LogP contribution is -2.30. The third kappa shape index (κ3) is 6.31. The van der Waals surface area contributed by atoms with Crippen LogP contribution in [-0.2, 0) is 19.9 Å². The third-order valence-electron chi connectivity index (χ3n) is 8.66. The van der Waals surface area contributed by atoms with Gasteiger partial charge in [0.15, 0.2) is 9.84 Å². The molecule has 2 aliphatic rings. The lowest BCUT2D eigenvalue weighted by Gasteiger charge is -2.27. The van der Waals surface area contributed by atoms with E-state index in [1.165, 1.54) is 19.2 Å². The van der Waals surface area contributed by atoms with Gasteiger partial charge in [0.2, 0.25) is 10.0 Å². The van der Waals surface area contributed by atoms with Gasteiger partial charge in [-0.2, -0.15) is 0 Å². The number of sulfone groups is 1. The highest BCUT2D eigenvalue weighted by atomic mass is 32.2. The Kier molecular flexibility index (Phi) is 8.87. The van der Waals surface area contributed by atoms with Gasteiger partial charge in [0.25, 0.3) is 5.91 Å². The number of nitrogens with one attached hydrogen (secondary N) is 1. The van der Waals surface area contributed by atoms with E-state index in [4.69, 9.17) is 0 Å². The van der Waals surface area contributed by atoms with Crippen molar-refractivity contribution in [1.82, 2.24) is 0 Å². The molecule has 1 aliphatic heterocycles. The Labute approximate surface area is 238 Å². The number of benzene rings is 2. The third-order valence-corrected chi connectivity index (χ3v) is 11.7. The van der Waals surface area contributed by atoms with Crippen molar-refractivity contribution in [3.05, 3.63) is 48.0 Å². The fraction of sp³-hybridized carbons (Fsp3) is 0.552. The summed E-state index contributed by atoms with van der Waals surface area (Å²) < 4.78 is 51.1. The second kappa shape index (κ2) is 11.7. The molecule has 0 aromatic heterocycles. The monoisotopic (exact) mass is 591 g/mol. The number of rotatable bonds is 13. The SMILES string of the molecule is CCCCCCCS(=O)(=O)c1ccc(NC(=O)c2cc(N3C[C@@H]4[C@H](C3)C4(C)CO)ccc2N(C)S(C)(=O)=O)cc1. The number of carbonyl (C=O) groups is 1. The fourth-order valence-electron chi connectivity index (χ4n) is 5.74. The van der Waals surface area contributed by atoms with Gasteiger partial charge in [-0.3, -0.25) is 9.10 Å². The van der Waals surface area contributed by atoms with Crippen molar-refractivity contribution in [2.24, 2.45) is 17.3 Å². The fourth-order valence-corrected chi connectivity index (χ4v) is 7.63. The number of amides is 1. The molecule has 11 heteroatoms. The van der Waals surface area contributed by atoms with Crippen molar-refractivity contribution in [3.63, 3.8) is 0 Å². The lowest BCUT2D eigenvalue weighted by atomic mass is 10.0. The average Bonchev–Trinajstić information content (AvgIpc) is 3.23. The Morgan fingerprint density at radius 1 is 1.02 bits per heavy atom. The van der Waals surface area contributed by atoms with E-state index in [0.29, 0.717) is 23.9 Å². The number of nitrogens with zero attached hydrogens (tertiary/aromatic N) is 2. The first-order valence-corrected chi connectivity index (χ1v) is 17.4. The van der Waals surface area contributed by atoms with Crippen LogP contribution in [0.15, 0.2) is 47.4 Å². The Morgan fingerprint density at radius 2 is 1.65 bits per heavy atom. The van der Waals surface area contributed by atoms with Crippen LogP contribution in [0.4, 0.5) is 17.1 Å². The summed E-state index contributed by atoms with van der Waals surface area (Å²) in [6.07, 6.45) is 5.79. The molecule has 1 saturated carbocycles. The quantitative estimate of drug-likeness (QED) is 0.336. The lowest BCUT2D eigenvalue weighted by molar-refractivity contribution is 0.102. The molecule has 2 aromatic rings. The smallest absolute Gasteiger partial charge is 0.257 e. The normalized spacial score (nSPS) is 22.2. The maximum atomic E-state index is 13.5. The molecule has 0 spiro atoms. The summed E-state index contributed by atoms with van der Waals surface area (Å²) in [6.45, 7) is 5.88. The van der Waals surface area contributed by atoms with Crippen LogP contribution in [0.5, 0.6) is 0 Å². The molecule has 1 aliphatic carbocycles. The first kappa shape index (κ1) is 30.3. The van der Waals surface area contributed by atoms with Crippen LogP contribution in [0.2, 0.25) is 0 Å². The van der Waals surface area contributed by atoms with Gasteiger partial charge in [0, 0.05) is 43.5 Å². The van der Waals surface area contributed by atoms with Crippen molar-refractivity contribution >= 4 is 42.8 Å². The summed E-state index contributed by atoms with van der Waals surface area (Å²) in [5.74, 6) is 0.369. The molecule has 220 valence electrons. The van der Waals surface area contributed by atoms with Gasteiger partial charge in [0.1, 0.15) is 0 Å². The summed E-state index contributed by atoms with van der Waals surface area (Å²) in [7, 11) is -5.64. The largest absolute Gasteiger partial charge is 0.396 e. The van der Waals surface area contributed by atoms with E-state index >= 15 is 0 Å². The van der Waals surface area contributed by atoms with Crippen LogP contribution < -0.4 is 14.5 Å². The van der Waals surface area contributed by atoms with Gasteiger partial charge < -0.3 is 15.3 Å². The predicted molar refractivity (Wildman–Crippen MR) is 159 cm³/mol. The summed E-state index contributed by atoms with van der Waals surface area (Å²) >= 11 is 0. The number of hydrogen-bond donors (Lipinski definition) is 2. The molecular formula is C29H41N3O6S2. The van der Waals surface area contributed by atoms with Crippen molar-refractivity contribution in [2.75, 3.05) is 53.3 Å². The van der Waals surface area contributed by atoms with Gasteiger partial charge in [-0.15, -0.1) is 0 Å². The summed E-state index contributed by atoms with van der Waals surface area (Å²) in [5.41, 5.74) is 1.60. The van der Waals surface area contributed by atoms with Crippen molar-refractivity contribution < 1.29 is 26.7 Å². The number of fused-ring (bicyclic) bond motifs is 1. The number of sulfonamides is 1. The Bertz CT molecular complexity index is 1430. The number of aliphatic hydroxyl groups is 1. The van der Waals surface area contributed by atoms with E-state index < -0.39 is 25.8 Å². The molecule has 1 amide bonds. The van der Waals surface area contributed by atoms with E-state index in [1.807, 2.05) is 6.07 Å². The molecular weight excluding hydrogens is 550 g/mol. The molecule has 40 heavy (non-hydrogen) atoms. The summed E-state index contributed by atoms with van der Waals surface area (Å²) in [6, 6.07) is 11.2. The number of piperidine rings is 1. The second-order valence-corrected chi connectivity index (χ2v) is 15.5. The molecule has 9 nitrogen and oxygen atoms in total. The first-order valence-electron chi connectivity index (χ1n) is 13.9. The minimum Gasteiger partial charge on any atom is -0.396 e. The minimum absolute atomic E-state index is 0.0537. The minimum atomic E-state index is -3.63. The summed E-state index contributed by atoms with van der Waals surface area (Å²) in [4.78, 5) is 15.8. The Balaban J connectivity index is 1.51. The second-order valence-electron chi connectivity index (χ2n) is 11.4. The highest BCUT2D eigenvalue weighted by Crippen LogP contribution is 2.62. The molecule has 2 aromatic carbocycles. The number of anilines is 3. The zero-order valence-corrected chi connectivity index (χ0v) is 25.4. The Hall–Kier alpha value is -2.63. The molecule has 3 atom stereocenters. The number of hydrogen-bond acceptors (Lipinski definition) is 7. The molecule has 1 saturated heterocycles. The molecule has 0 bridgehead atoms. The van der Waals surface area contributed by atoms with E-state index in [-0.39, 0.29) is 33.9 Å². The van der Waals surface area contributed by atoms with E-state index in [0.717, 1.165) is 55.0 Å². The highest BCUT2D eigenvalue weighted by Gasteiger charge is 2.64. The van der Waals surface area contributed by atoms with Gasteiger partial charge in [-0.1, -0.05) is 39.5 Å². The standard InChI is InChI=1S/C29H41N3O6S2/c1-5-6-7-8-9-16-40(37,38)23-13-10-21(11-14-23)30-28(34)24-17-22(12-15-27(24)31(3)39(4,35)36)32-18-25-26(19-32)29(25,2)20-33/h10-15,17,25-26,33H,5-9,16,18-20H2,1-4H3,(H,30,34)/t25-,26+,29?. The van der Waals surface area contributed by atoms with Crippen molar-refractivity contribution in [3.8, 4) is 0 Å². The van der Waals surface area contributed by atoms with Crippen molar-refractivity contribution in [1.29, 1.82) is 0 Å². The van der Waals surface area contributed by atoms with E-state index in [2.05, 4.69) is 24.1 Å². The van der Waals surface area contributed by atoms with E-state index in [9.17, 15) is 26.7 Å². The van der Waals surface area contributed by atoms with Gasteiger partial charge in [0.05, 0.1) is 28.2 Å². The van der Waals surface area contributed by atoms with Crippen LogP contribution >= 0.6 is 0 Å². The first-order chi connectivity index (χ1) is 18.8. The molecule has 1 unspecified atom stereocenters. The molecule has 2 fully saturated rings. The summed E-state index contributed by atoms with van der Waals surface area (Å²) in [5, 5.41) is 12.5. The van der Waals surface area contributed by atoms with Crippen LogP contribution in [0.25, 0.3) is 0 Å². The Morgan fingerprint density at radius 3 is 2.23 bits per heavy atom. The van der Waals surface area contributed by atoms with Crippen LogP contribution in [0.1, 0.15) is 56.3 Å².